The fourth-order valence-electron chi connectivity index (χ4n) is 5.12. The maximum atomic E-state index is 10.3. The molecule has 2 nitrogen and oxygen atoms in total. The van der Waals surface area contributed by atoms with Crippen molar-refractivity contribution >= 4 is 0 Å². The molecule has 0 fully saturated rings. The Morgan fingerprint density at radius 1 is 0.516 bits per heavy atom. The molecule has 1 aliphatic rings. The molecule has 154 valence electrons. The highest BCUT2D eigenvalue weighted by molar-refractivity contribution is 5.87. The third-order valence-electron chi connectivity index (χ3n) is 6.71. The molecule has 0 bridgehead atoms. The van der Waals surface area contributed by atoms with E-state index in [-0.39, 0.29) is 0 Å². The van der Waals surface area contributed by atoms with Gasteiger partial charge in [0.15, 0.2) is 0 Å². The molecule has 0 saturated heterocycles. The van der Waals surface area contributed by atoms with Crippen molar-refractivity contribution in [2.75, 3.05) is 0 Å². The Morgan fingerprint density at radius 3 is 1.32 bits per heavy atom. The van der Waals surface area contributed by atoms with Crippen LogP contribution in [0.5, 0.6) is 11.5 Å². The molecule has 0 saturated carbocycles. The fraction of sp³-hybridized carbons (Fsp3) is 0.172. The second-order valence-corrected chi connectivity index (χ2v) is 8.85. The van der Waals surface area contributed by atoms with Crippen LogP contribution in [-0.4, -0.2) is 10.2 Å². The van der Waals surface area contributed by atoms with E-state index in [1.165, 1.54) is 33.4 Å². The number of fused-ring (bicyclic) bond motifs is 3. The van der Waals surface area contributed by atoms with Gasteiger partial charge in [-0.1, -0.05) is 71.8 Å². The number of rotatable bonds is 2. The summed E-state index contributed by atoms with van der Waals surface area (Å²) in [5.41, 5.74) is 10.8. The van der Waals surface area contributed by atoms with Crippen molar-refractivity contribution in [2.24, 2.45) is 0 Å². The van der Waals surface area contributed by atoms with Crippen molar-refractivity contribution in [2.45, 2.75) is 33.1 Å². The molecule has 0 unspecified atom stereocenters. The third kappa shape index (κ3) is 2.71. The Morgan fingerprint density at radius 2 is 0.935 bits per heavy atom. The molecular weight excluding hydrogens is 380 g/mol. The molecule has 0 spiro atoms. The van der Waals surface area contributed by atoms with Crippen molar-refractivity contribution in [3.8, 4) is 22.6 Å². The molecule has 4 aromatic rings. The lowest BCUT2D eigenvalue weighted by Gasteiger charge is -2.35. The summed E-state index contributed by atoms with van der Waals surface area (Å²) in [6, 6.07) is 25.2. The summed E-state index contributed by atoms with van der Waals surface area (Å²) in [5, 5.41) is 20.5. The molecular formula is C29H26O2. The second-order valence-electron chi connectivity index (χ2n) is 8.85. The van der Waals surface area contributed by atoms with E-state index in [1.807, 2.05) is 26.0 Å². The predicted octanol–water partition coefficient (Wildman–Crippen LogP) is 6.69. The molecule has 31 heavy (non-hydrogen) atoms. The van der Waals surface area contributed by atoms with E-state index < -0.39 is 5.41 Å². The average Bonchev–Trinajstić information content (AvgIpc) is 3.01. The Bertz CT molecular complexity index is 1240. The van der Waals surface area contributed by atoms with E-state index in [1.54, 1.807) is 12.1 Å². The van der Waals surface area contributed by atoms with Crippen LogP contribution in [0.3, 0.4) is 0 Å². The van der Waals surface area contributed by atoms with E-state index in [0.717, 1.165) is 22.3 Å². The minimum absolute atomic E-state index is 0.299. The van der Waals surface area contributed by atoms with Crippen LogP contribution >= 0.6 is 0 Å². The predicted molar refractivity (Wildman–Crippen MR) is 126 cm³/mol. The van der Waals surface area contributed by atoms with Crippen molar-refractivity contribution in [1.29, 1.82) is 0 Å². The summed E-state index contributed by atoms with van der Waals surface area (Å²) >= 11 is 0. The largest absolute Gasteiger partial charge is 0.508 e. The highest BCUT2D eigenvalue weighted by Gasteiger charge is 2.46. The SMILES string of the molecule is Cc1ccc2c(c1)C(c1ccc(O)c(C)c1)(c1ccc(O)c(C)c1)c1cc(C)ccc1-2. The zero-order valence-corrected chi connectivity index (χ0v) is 18.3. The molecule has 0 atom stereocenters. The number of phenolic OH excluding ortho intramolecular Hbond substituents is 2. The molecule has 0 aliphatic heterocycles. The summed E-state index contributed by atoms with van der Waals surface area (Å²) in [7, 11) is 0. The quantitative estimate of drug-likeness (QED) is 0.343. The lowest BCUT2D eigenvalue weighted by Crippen LogP contribution is -2.29. The van der Waals surface area contributed by atoms with Crippen LogP contribution in [0.4, 0.5) is 0 Å². The summed E-state index contributed by atoms with van der Waals surface area (Å²) in [4.78, 5) is 0. The zero-order chi connectivity index (χ0) is 21.9. The van der Waals surface area contributed by atoms with Crippen LogP contribution in [0.25, 0.3) is 11.1 Å². The monoisotopic (exact) mass is 406 g/mol. The Kier molecular flexibility index (Phi) is 4.23. The molecule has 0 radical (unpaired) electrons. The summed E-state index contributed by atoms with van der Waals surface area (Å²) in [6.07, 6.45) is 0. The van der Waals surface area contributed by atoms with Crippen LogP contribution in [0.2, 0.25) is 0 Å². The fourth-order valence-corrected chi connectivity index (χ4v) is 5.12. The Hall–Kier alpha value is -3.52. The van der Waals surface area contributed by atoms with Crippen LogP contribution in [0.1, 0.15) is 44.5 Å². The van der Waals surface area contributed by atoms with Crippen molar-refractivity contribution < 1.29 is 10.2 Å². The van der Waals surface area contributed by atoms with Gasteiger partial charge in [0.1, 0.15) is 11.5 Å². The van der Waals surface area contributed by atoms with Crippen LogP contribution < -0.4 is 0 Å². The molecule has 0 heterocycles. The Labute approximate surface area is 183 Å². The van der Waals surface area contributed by atoms with Gasteiger partial charge < -0.3 is 10.2 Å². The first-order valence-electron chi connectivity index (χ1n) is 10.6. The van der Waals surface area contributed by atoms with Crippen molar-refractivity contribution in [3.05, 3.63) is 117 Å². The van der Waals surface area contributed by atoms with Gasteiger partial charge in [0.2, 0.25) is 0 Å². The topological polar surface area (TPSA) is 40.5 Å². The minimum atomic E-state index is -0.528. The van der Waals surface area contributed by atoms with E-state index in [2.05, 4.69) is 62.4 Å². The van der Waals surface area contributed by atoms with E-state index in [9.17, 15) is 10.2 Å². The minimum Gasteiger partial charge on any atom is -0.508 e. The summed E-state index contributed by atoms with van der Waals surface area (Å²) in [6.45, 7) is 8.14. The average molecular weight is 407 g/mol. The van der Waals surface area contributed by atoms with E-state index in [0.29, 0.717) is 11.5 Å². The van der Waals surface area contributed by atoms with Crippen LogP contribution in [0.15, 0.2) is 72.8 Å². The first-order valence-corrected chi connectivity index (χ1v) is 10.6. The summed E-state index contributed by atoms with van der Waals surface area (Å²) in [5.74, 6) is 0.598. The van der Waals surface area contributed by atoms with Gasteiger partial charge in [0, 0.05) is 0 Å². The first kappa shape index (κ1) is 19.4. The molecule has 0 amide bonds. The van der Waals surface area contributed by atoms with Gasteiger partial charge in [-0.05, 0) is 84.3 Å². The lowest BCUT2D eigenvalue weighted by molar-refractivity contribution is 0.470. The van der Waals surface area contributed by atoms with Crippen molar-refractivity contribution in [1.82, 2.24) is 0 Å². The lowest BCUT2D eigenvalue weighted by atomic mass is 9.67. The van der Waals surface area contributed by atoms with Gasteiger partial charge >= 0.3 is 0 Å². The standard InChI is InChI=1S/C29H26O2/c1-17-5-9-23-24-10-6-18(2)14-26(24)29(25(23)13-17,21-7-11-27(30)19(3)15-21)22-8-12-28(31)20(4)16-22/h5-16,30-31H,1-4H3. The highest BCUT2D eigenvalue weighted by atomic mass is 16.3. The van der Waals surface area contributed by atoms with E-state index in [4.69, 9.17) is 0 Å². The maximum absolute atomic E-state index is 10.3. The first-order chi connectivity index (χ1) is 14.8. The molecule has 2 heteroatoms. The van der Waals surface area contributed by atoms with E-state index >= 15 is 0 Å². The number of hydrogen-bond acceptors (Lipinski definition) is 2. The smallest absolute Gasteiger partial charge is 0.118 e. The van der Waals surface area contributed by atoms with Gasteiger partial charge in [0.05, 0.1) is 5.41 Å². The van der Waals surface area contributed by atoms with Gasteiger partial charge in [-0.15, -0.1) is 0 Å². The van der Waals surface area contributed by atoms with Crippen molar-refractivity contribution in [3.63, 3.8) is 0 Å². The number of phenols is 2. The Balaban J connectivity index is 2.00. The second kappa shape index (κ2) is 6.75. The highest BCUT2D eigenvalue weighted by Crippen LogP contribution is 2.57. The normalized spacial score (nSPS) is 13.7. The van der Waals surface area contributed by atoms with Gasteiger partial charge in [0.25, 0.3) is 0 Å². The maximum Gasteiger partial charge on any atom is 0.118 e. The number of benzene rings is 4. The van der Waals surface area contributed by atoms with Crippen LogP contribution in [-0.2, 0) is 5.41 Å². The number of aryl methyl sites for hydroxylation is 4. The zero-order valence-electron chi connectivity index (χ0n) is 18.3. The molecule has 5 rings (SSSR count). The van der Waals surface area contributed by atoms with Gasteiger partial charge in [-0.2, -0.15) is 0 Å². The summed E-state index contributed by atoms with van der Waals surface area (Å²) < 4.78 is 0. The van der Waals surface area contributed by atoms with Crippen LogP contribution in [0, 0.1) is 27.7 Å². The van der Waals surface area contributed by atoms with Gasteiger partial charge in [-0.25, -0.2) is 0 Å². The molecule has 4 aromatic carbocycles. The molecule has 0 aromatic heterocycles. The van der Waals surface area contributed by atoms with Gasteiger partial charge in [-0.3, -0.25) is 0 Å². The molecule has 1 aliphatic carbocycles. The third-order valence-corrected chi connectivity index (χ3v) is 6.71. The number of aromatic hydroxyl groups is 2. The molecule has 2 N–H and O–H groups in total. The number of hydrogen-bond donors (Lipinski definition) is 2.